The van der Waals surface area contributed by atoms with Crippen molar-refractivity contribution in [3.63, 3.8) is 0 Å². The standard InChI is InChI=1S/C15H14N2O3/c1-20-15(19)11-4-2-10(3-5-11)8-12(9-16)14(18)17-13-6-7-13/h2-5,8,13H,6-7H2,1H3,(H,17,18)/b12-8+. The lowest BCUT2D eigenvalue weighted by atomic mass is 10.1. The molecule has 1 N–H and O–H groups in total. The second-order valence-corrected chi connectivity index (χ2v) is 4.53. The van der Waals surface area contributed by atoms with Crippen LogP contribution in [-0.4, -0.2) is 25.0 Å². The van der Waals surface area contributed by atoms with Crippen LogP contribution in [0.2, 0.25) is 0 Å². The number of ether oxygens (including phenoxy) is 1. The van der Waals surface area contributed by atoms with Crippen LogP contribution in [0.5, 0.6) is 0 Å². The summed E-state index contributed by atoms with van der Waals surface area (Å²) in [6.07, 6.45) is 3.44. The van der Waals surface area contributed by atoms with Crippen molar-refractivity contribution in [3.05, 3.63) is 41.0 Å². The maximum atomic E-state index is 11.8. The molecule has 2 rings (SSSR count). The Morgan fingerprint density at radius 1 is 1.35 bits per heavy atom. The third-order valence-corrected chi connectivity index (χ3v) is 2.92. The van der Waals surface area contributed by atoms with Crippen LogP contribution >= 0.6 is 0 Å². The van der Waals surface area contributed by atoms with Crippen LogP contribution < -0.4 is 5.32 Å². The molecule has 1 amide bonds. The fourth-order valence-electron chi connectivity index (χ4n) is 1.64. The zero-order valence-electron chi connectivity index (χ0n) is 11.1. The van der Waals surface area contributed by atoms with E-state index in [9.17, 15) is 9.59 Å². The number of carbonyl (C=O) groups is 2. The summed E-state index contributed by atoms with van der Waals surface area (Å²) in [5.74, 6) is -0.778. The van der Waals surface area contributed by atoms with Crippen molar-refractivity contribution in [2.45, 2.75) is 18.9 Å². The zero-order chi connectivity index (χ0) is 14.5. The van der Waals surface area contributed by atoms with Crippen molar-refractivity contribution < 1.29 is 14.3 Å². The molecule has 0 aliphatic heterocycles. The quantitative estimate of drug-likeness (QED) is 0.512. The number of carbonyl (C=O) groups excluding carboxylic acids is 2. The topological polar surface area (TPSA) is 79.2 Å². The van der Waals surface area contributed by atoms with Gasteiger partial charge in [-0.15, -0.1) is 0 Å². The highest BCUT2D eigenvalue weighted by molar-refractivity contribution is 6.02. The molecule has 0 aromatic heterocycles. The smallest absolute Gasteiger partial charge is 0.337 e. The average molecular weight is 270 g/mol. The summed E-state index contributed by atoms with van der Waals surface area (Å²) in [6.45, 7) is 0. The Hall–Kier alpha value is -2.61. The number of benzene rings is 1. The van der Waals surface area contributed by atoms with E-state index in [0.717, 1.165) is 12.8 Å². The summed E-state index contributed by atoms with van der Waals surface area (Å²) in [5, 5.41) is 11.8. The van der Waals surface area contributed by atoms with Crippen LogP contribution in [0.15, 0.2) is 29.8 Å². The third kappa shape index (κ3) is 3.45. The number of nitriles is 1. The summed E-state index contributed by atoms with van der Waals surface area (Å²) >= 11 is 0. The van der Waals surface area contributed by atoms with Crippen molar-refractivity contribution in [2.24, 2.45) is 0 Å². The van der Waals surface area contributed by atoms with Gasteiger partial charge in [-0.1, -0.05) is 12.1 Å². The van der Waals surface area contributed by atoms with E-state index in [1.54, 1.807) is 24.3 Å². The van der Waals surface area contributed by atoms with Gasteiger partial charge in [0.05, 0.1) is 12.7 Å². The molecular weight excluding hydrogens is 256 g/mol. The van der Waals surface area contributed by atoms with Gasteiger partial charge in [0.1, 0.15) is 11.6 Å². The van der Waals surface area contributed by atoms with Gasteiger partial charge in [0.25, 0.3) is 5.91 Å². The van der Waals surface area contributed by atoms with E-state index in [1.165, 1.54) is 13.2 Å². The Kier molecular flexibility index (Phi) is 4.16. The maximum Gasteiger partial charge on any atom is 0.337 e. The largest absolute Gasteiger partial charge is 0.465 e. The van der Waals surface area contributed by atoms with E-state index < -0.39 is 5.97 Å². The zero-order valence-corrected chi connectivity index (χ0v) is 11.1. The van der Waals surface area contributed by atoms with E-state index in [4.69, 9.17) is 5.26 Å². The van der Waals surface area contributed by atoms with Gasteiger partial charge in [-0.3, -0.25) is 4.79 Å². The monoisotopic (exact) mass is 270 g/mol. The van der Waals surface area contributed by atoms with Crippen molar-refractivity contribution in [1.29, 1.82) is 5.26 Å². The lowest BCUT2D eigenvalue weighted by Crippen LogP contribution is -2.26. The summed E-state index contributed by atoms with van der Waals surface area (Å²) in [7, 11) is 1.31. The second kappa shape index (κ2) is 6.02. The summed E-state index contributed by atoms with van der Waals surface area (Å²) < 4.78 is 4.60. The van der Waals surface area contributed by atoms with E-state index in [1.807, 2.05) is 6.07 Å². The number of amides is 1. The predicted octanol–water partition coefficient (Wildman–Crippen LogP) is 1.66. The second-order valence-electron chi connectivity index (χ2n) is 4.53. The highest BCUT2D eigenvalue weighted by Gasteiger charge is 2.24. The minimum Gasteiger partial charge on any atom is -0.465 e. The van der Waals surface area contributed by atoms with Gasteiger partial charge < -0.3 is 10.1 Å². The number of esters is 1. The molecular formula is C15H14N2O3. The normalized spacial score (nSPS) is 14.3. The first-order chi connectivity index (χ1) is 9.63. The van der Waals surface area contributed by atoms with Gasteiger partial charge in [-0.25, -0.2) is 4.79 Å². The molecule has 5 nitrogen and oxygen atoms in total. The van der Waals surface area contributed by atoms with Crippen LogP contribution in [0.1, 0.15) is 28.8 Å². The Bertz CT molecular complexity index is 593. The van der Waals surface area contributed by atoms with E-state index >= 15 is 0 Å². The molecule has 5 heteroatoms. The number of nitrogens with one attached hydrogen (secondary N) is 1. The first-order valence-electron chi connectivity index (χ1n) is 6.25. The lowest BCUT2D eigenvalue weighted by molar-refractivity contribution is -0.117. The Morgan fingerprint density at radius 2 is 2.00 bits per heavy atom. The molecule has 1 saturated carbocycles. The van der Waals surface area contributed by atoms with E-state index in [0.29, 0.717) is 11.1 Å². The van der Waals surface area contributed by atoms with Crippen LogP contribution in [0.4, 0.5) is 0 Å². The molecule has 1 aromatic carbocycles. The first kappa shape index (κ1) is 13.8. The molecule has 1 aliphatic rings. The Labute approximate surface area is 116 Å². The Morgan fingerprint density at radius 3 is 2.50 bits per heavy atom. The van der Waals surface area contributed by atoms with Gasteiger partial charge in [0.15, 0.2) is 0 Å². The molecule has 0 heterocycles. The van der Waals surface area contributed by atoms with Crippen LogP contribution in [0, 0.1) is 11.3 Å². The molecule has 0 spiro atoms. The van der Waals surface area contributed by atoms with Crippen molar-refractivity contribution in [3.8, 4) is 6.07 Å². The number of hydrogen-bond acceptors (Lipinski definition) is 4. The number of methoxy groups -OCH3 is 1. The van der Waals surface area contributed by atoms with Crippen molar-refractivity contribution in [1.82, 2.24) is 5.32 Å². The number of nitrogens with zero attached hydrogens (tertiary/aromatic N) is 1. The molecule has 0 unspecified atom stereocenters. The molecule has 0 radical (unpaired) electrons. The predicted molar refractivity (Wildman–Crippen MR) is 72.5 cm³/mol. The summed E-state index contributed by atoms with van der Waals surface area (Å²) in [4.78, 5) is 23.1. The van der Waals surface area contributed by atoms with Gasteiger partial charge in [0, 0.05) is 6.04 Å². The van der Waals surface area contributed by atoms with Crippen LogP contribution in [0.25, 0.3) is 6.08 Å². The first-order valence-corrected chi connectivity index (χ1v) is 6.25. The molecule has 20 heavy (non-hydrogen) atoms. The lowest BCUT2D eigenvalue weighted by Gasteiger charge is -2.02. The fraction of sp³-hybridized carbons (Fsp3) is 0.267. The molecule has 1 fully saturated rings. The van der Waals surface area contributed by atoms with E-state index in [-0.39, 0.29) is 17.5 Å². The summed E-state index contributed by atoms with van der Waals surface area (Å²) in [6, 6.07) is 8.60. The van der Waals surface area contributed by atoms with Gasteiger partial charge in [-0.2, -0.15) is 5.26 Å². The highest BCUT2D eigenvalue weighted by Crippen LogP contribution is 2.19. The van der Waals surface area contributed by atoms with Crippen molar-refractivity contribution in [2.75, 3.05) is 7.11 Å². The molecule has 0 atom stereocenters. The highest BCUT2D eigenvalue weighted by atomic mass is 16.5. The van der Waals surface area contributed by atoms with Gasteiger partial charge in [0.2, 0.25) is 0 Å². The SMILES string of the molecule is COC(=O)c1ccc(/C=C(\C#N)C(=O)NC2CC2)cc1. The van der Waals surface area contributed by atoms with Gasteiger partial charge in [-0.05, 0) is 36.6 Å². The number of rotatable bonds is 4. The molecule has 102 valence electrons. The average Bonchev–Trinajstić information content (AvgIpc) is 3.28. The molecule has 1 aliphatic carbocycles. The van der Waals surface area contributed by atoms with Crippen LogP contribution in [-0.2, 0) is 9.53 Å². The van der Waals surface area contributed by atoms with Crippen LogP contribution in [0.3, 0.4) is 0 Å². The summed E-state index contributed by atoms with van der Waals surface area (Å²) in [5.41, 5.74) is 1.16. The molecule has 0 saturated heterocycles. The Balaban J connectivity index is 2.13. The molecule has 0 bridgehead atoms. The minimum atomic E-state index is -0.424. The fourth-order valence-corrected chi connectivity index (χ4v) is 1.64. The number of hydrogen-bond donors (Lipinski definition) is 1. The van der Waals surface area contributed by atoms with Crippen molar-refractivity contribution >= 4 is 18.0 Å². The van der Waals surface area contributed by atoms with E-state index in [2.05, 4.69) is 10.1 Å². The van der Waals surface area contributed by atoms with Gasteiger partial charge >= 0.3 is 5.97 Å². The third-order valence-electron chi connectivity index (χ3n) is 2.92. The maximum absolute atomic E-state index is 11.8. The molecule has 1 aromatic rings. The minimum absolute atomic E-state index is 0.0581.